The standard InChI is InChI=1S/C14H17N5O5/c1-7(20)22-4-10-9(23-8(2)21)3-11(24-10)19-6-18-12-13(15)16-5-17-14(12)19/h5-6,9-11H,3-4H2,1-2H3,(H2,15,16,17)/t9-,10-,11+/m1/s1. The Hall–Kier alpha value is -2.75. The molecule has 0 saturated carbocycles. The minimum atomic E-state index is -0.570. The van der Waals surface area contributed by atoms with Gasteiger partial charge in [-0.2, -0.15) is 0 Å². The second-order valence-electron chi connectivity index (χ2n) is 5.40. The highest BCUT2D eigenvalue weighted by atomic mass is 16.6. The quantitative estimate of drug-likeness (QED) is 0.777. The van der Waals surface area contributed by atoms with Gasteiger partial charge in [-0.1, -0.05) is 0 Å². The van der Waals surface area contributed by atoms with Gasteiger partial charge in [0, 0.05) is 20.3 Å². The van der Waals surface area contributed by atoms with Gasteiger partial charge in [0.2, 0.25) is 0 Å². The van der Waals surface area contributed by atoms with Crippen molar-refractivity contribution in [1.82, 2.24) is 19.5 Å². The number of fused-ring (bicyclic) bond motifs is 1. The second-order valence-corrected chi connectivity index (χ2v) is 5.40. The van der Waals surface area contributed by atoms with E-state index in [2.05, 4.69) is 15.0 Å². The number of imidazole rings is 1. The summed E-state index contributed by atoms with van der Waals surface area (Å²) in [6.07, 6.45) is 1.67. The minimum Gasteiger partial charge on any atom is -0.463 e. The van der Waals surface area contributed by atoms with Crippen molar-refractivity contribution in [3.63, 3.8) is 0 Å². The first-order chi connectivity index (χ1) is 11.5. The molecule has 1 aliphatic heterocycles. The lowest BCUT2D eigenvalue weighted by atomic mass is 10.2. The largest absolute Gasteiger partial charge is 0.463 e. The number of carbonyl (C=O) groups is 2. The van der Waals surface area contributed by atoms with Gasteiger partial charge in [-0.15, -0.1) is 0 Å². The third-order valence-electron chi connectivity index (χ3n) is 3.65. The number of ether oxygens (including phenoxy) is 3. The Morgan fingerprint density at radius 3 is 2.83 bits per heavy atom. The highest BCUT2D eigenvalue weighted by molar-refractivity contribution is 5.81. The van der Waals surface area contributed by atoms with E-state index < -0.39 is 30.4 Å². The molecule has 2 N–H and O–H groups in total. The molecule has 1 aliphatic rings. The maximum Gasteiger partial charge on any atom is 0.303 e. The molecule has 2 aromatic heterocycles. The Kier molecular flexibility index (Phi) is 4.30. The Labute approximate surface area is 136 Å². The Morgan fingerprint density at radius 2 is 2.12 bits per heavy atom. The third kappa shape index (κ3) is 3.13. The molecule has 3 atom stereocenters. The number of nitrogens with zero attached hydrogens (tertiary/aromatic N) is 4. The predicted octanol–water partition coefficient (Wildman–Crippen LogP) is 0.191. The zero-order chi connectivity index (χ0) is 17.3. The van der Waals surface area contributed by atoms with Crippen molar-refractivity contribution in [2.75, 3.05) is 12.3 Å². The molecule has 10 nitrogen and oxygen atoms in total. The van der Waals surface area contributed by atoms with Crippen LogP contribution < -0.4 is 5.73 Å². The molecule has 3 rings (SSSR count). The zero-order valence-electron chi connectivity index (χ0n) is 13.2. The summed E-state index contributed by atoms with van der Waals surface area (Å²) < 4.78 is 17.8. The minimum absolute atomic E-state index is 0.00642. The third-order valence-corrected chi connectivity index (χ3v) is 3.65. The van der Waals surface area contributed by atoms with Crippen LogP contribution in [0.5, 0.6) is 0 Å². The van der Waals surface area contributed by atoms with Crippen LogP contribution in [-0.2, 0) is 23.8 Å². The summed E-state index contributed by atoms with van der Waals surface area (Å²) in [5.74, 6) is -0.596. The van der Waals surface area contributed by atoms with Crippen LogP contribution in [0.3, 0.4) is 0 Å². The van der Waals surface area contributed by atoms with E-state index in [9.17, 15) is 9.59 Å². The molecule has 0 bridgehead atoms. The summed E-state index contributed by atoms with van der Waals surface area (Å²) in [7, 11) is 0. The van der Waals surface area contributed by atoms with E-state index in [1.54, 1.807) is 10.9 Å². The Balaban J connectivity index is 1.84. The lowest BCUT2D eigenvalue weighted by Crippen LogP contribution is -2.31. The summed E-state index contributed by atoms with van der Waals surface area (Å²) in [5, 5.41) is 0. The van der Waals surface area contributed by atoms with Crippen molar-refractivity contribution in [2.45, 2.75) is 38.7 Å². The number of rotatable bonds is 4. The van der Waals surface area contributed by atoms with Crippen molar-refractivity contribution in [2.24, 2.45) is 0 Å². The smallest absolute Gasteiger partial charge is 0.303 e. The SMILES string of the molecule is CC(=O)OC[C@H]1O[C@H](n2cnc3c(N)ncnc32)C[C@H]1OC(C)=O. The molecule has 1 saturated heterocycles. The number of anilines is 1. The molecule has 2 aromatic rings. The van der Waals surface area contributed by atoms with Crippen molar-refractivity contribution < 1.29 is 23.8 Å². The van der Waals surface area contributed by atoms with Crippen LogP contribution in [0.15, 0.2) is 12.7 Å². The molecule has 0 amide bonds. The molecule has 128 valence electrons. The topological polar surface area (TPSA) is 131 Å². The second kappa shape index (κ2) is 6.40. The van der Waals surface area contributed by atoms with Gasteiger partial charge >= 0.3 is 11.9 Å². The molecule has 3 heterocycles. The first kappa shape index (κ1) is 16.1. The van der Waals surface area contributed by atoms with Gasteiger partial charge < -0.3 is 19.9 Å². The Morgan fingerprint density at radius 1 is 1.33 bits per heavy atom. The number of nitrogens with two attached hydrogens (primary N) is 1. The number of hydrogen-bond donors (Lipinski definition) is 1. The van der Waals surface area contributed by atoms with Gasteiger partial charge in [0.25, 0.3) is 0 Å². The van der Waals surface area contributed by atoms with E-state index in [-0.39, 0.29) is 12.4 Å². The fourth-order valence-corrected chi connectivity index (χ4v) is 2.64. The normalized spacial score (nSPS) is 23.3. The lowest BCUT2D eigenvalue weighted by molar-refractivity contribution is -0.155. The van der Waals surface area contributed by atoms with Crippen LogP contribution in [0.4, 0.5) is 5.82 Å². The predicted molar refractivity (Wildman–Crippen MR) is 80.4 cm³/mol. The van der Waals surface area contributed by atoms with Crippen molar-refractivity contribution >= 4 is 28.9 Å². The molecule has 10 heteroatoms. The van der Waals surface area contributed by atoms with Gasteiger partial charge in [0.15, 0.2) is 11.5 Å². The van der Waals surface area contributed by atoms with E-state index in [1.807, 2.05) is 0 Å². The summed E-state index contributed by atoms with van der Waals surface area (Å²) in [6, 6.07) is 0. The highest BCUT2D eigenvalue weighted by Crippen LogP contribution is 2.33. The van der Waals surface area contributed by atoms with Gasteiger partial charge in [-0.25, -0.2) is 15.0 Å². The van der Waals surface area contributed by atoms with Crippen LogP contribution in [0.2, 0.25) is 0 Å². The molecule has 1 fully saturated rings. The van der Waals surface area contributed by atoms with E-state index in [0.717, 1.165) is 0 Å². The highest BCUT2D eigenvalue weighted by Gasteiger charge is 2.39. The summed E-state index contributed by atoms with van der Waals surface area (Å²) >= 11 is 0. The van der Waals surface area contributed by atoms with Crippen molar-refractivity contribution in [1.29, 1.82) is 0 Å². The van der Waals surface area contributed by atoms with Crippen LogP contribution in [0, 0.1) is 0 Å². The summed E-state index contributed by atoms with van der Waals surface area (Å²) in [6.45, 7) is 2.61. The molecule has 0 radical (unpaired) electrons. The molecule has 0 aromatic carbocycles. The van der Waals surface area contributed by atoms with E-state index in [0.29, 0.717) is 17.6 Å². The molecular weight excluding hydrogens is 318 g/mol. The van der Waals surface area contributed by atoms with Gasteiger partial charge in [0.05, 0.1) is 6.33 Å². The van der Waals surface area contributed by atoms with Crippen molar-refractivity contribution in [3.05, 3.63) is 12.7 Å². The first-order valence-corrected chi connectivity index (χ1v) is 7.34. The number of esters is 2. The molecule has 24 heavy (non-hydrogen) atoms. The average molecular weight is 335 g/mol. The monoisotopic (exact) mass is 335 g/mol. The maximum atomic E-state index is 11.3. The van der Waals surface area contributed by atoms with Crippen LogP contribution >= 0.6 is 0 Å². The van der Waals surface area contributed by atoms with E-state index >= 15 is 0 Å². The molecular formula is C14H17N5O5. The zero-order valence-corrected chi connectivity index (χ0v) is 13.2. The lowest BCUT2D eigenvalue weighted by Gasteiger charge is -2.17. The van der Waals surface area contributed by atoms with Crippen molar-refractivity contribution in [3.8, 4) is 0 Å². The van der Waals surface area contributed by atoms with Crippen LogP contribution in [0.25, 0.3) is 11.2 Å². The fourth-order valence-electron chi connectivity index (χ4n) is 2.64. The number of nitrogen functional groups attached to an aromatic ring is 1. The summed E-state index contributed by atoms with van der Waals surface area (Å²) in [4.78, 5) is 34.6. The number of aromatic nitrogens is 4. The van der Waals surface area contributed by atoms with Crippen LogP contribution in [-0.4, -0.2) is 50.3 Å². The van der Waals surface area contributed by atoms with Gasteiger partial charge in [0.1, 0.15) is 36.9 Å². The van der Waals surface area contributed by atoms with Gasteiger partial charge in [-0.3, -0.25) is 14.2 Å². The Bertz CT molecular complexity index is 776. The van der Waals surface area contributed by atoms with Gasteiger partial charge in [-0.05, 0) is 0 Å². The number of carbonyl (C=O) groups excluding carboxylic acids is 2. The fraction of sp³-hybridized carbons (Fsp3) is 0.500. The van der Waals surface area contributed by atoms with E-state index in [1.165, 1.54) is 20.2 Å². The molecule has 0 aliphatic carbocycles. The maximum absolute atomic E-state index is 11.3. The van der Waals surface area contributed by atoms with Crippen LogP contribution in [0.1, 0.15) is 26.5 Å². The summed E-state index contributed by atoms with van der Waals surface area (Å²) in [5.41, 5.74) is 6.76. The molecule has 0 spiro atoms. The molecule has 0 unspecified atom stereocenters. The first-order valence-electron chi connectivity index (χ1n) is 7.34. The average Bonchev–Trinajstić information content (AvgIpc) is 3.09. The number of hydrogen-bond acceptors (Lipinski definition) is 9. The van der Waals surface area contributed by atoms with E-state index in [4.69, 9.17) is 19.9 Å².